The standard InChI is InChI=1S/C8H4Cl2O4/c9-4-1-3(7(11)12)2-5(10)6(4)8(13)14/h1-2H,(H,11,12)(H,13,14)/p-2. The van der Waals surface area contributed by atoms with Crippen LogP contribution in [-0.2, 0) is 0 Å². The molecule has 0 fully saturated rings. The van der Waals surface area contributed by atoms with Crippen LogP contribution in [0.5, 0.6) is 0 Å². The number of rotatable bonds is 2. The highest BCUT2D eigenvalue weighted by Crippen LogP contribution is 2.25. The van der Waals surface area contributed by atoms with Gasteiger partial charge in [-0.2, -0.15) is 0 Å². The maximum atomic E-state index is 10.5. The van der Waals surface area contributed by atoms with Gasteiger partial charge < -0.3 is 19.8 Å². The Hall–Kier alpha value is -1.26. The molecule has 0 bridgehead atoms. The van der Waals surface area contributed by atoms with Crippen molar-refractivity contribution in [3.63, 3.8) is 0 Å². The van der Waals surface area contributed by atoms with Gasteiger partial charge in [-0.25, -0.2) is 0 Å². The predicted molar refractivity (Wildman–Crippen MR) is 45.1 cm³/mol. The fraction of sp³-hybridized carbons (Fsp3) is 0. The third kappa shape index (κ3) is 1.97. The van der Waals surface area contributed by atoms with Crippen molar-refractivity contribution in [3.8, 4) is 0 Å². The van der Waals surface area contributed by atoms with Gasteiger partial charge in [0, 0.05) is 11.1 Å². The maximum absolute atomic E-state index is 10.5. The van der Waals surface area contributed by atoms with E-state index in [-0.39, 0.29) is 15.6 Å². The van der Waals surface area contributed by atoms with Crippen LogP contribution in [0.3, 0.4) is 0 Å². The summed E-state index contributed by atoms with van der Waals surface area (Å²) in [4.78, 5) is 20.9. The van der Waals surface area contributed by atoms with Crippen LogP contribution in [-0.4, -0.2) is 11.9 Å². The summed E-state index contributed by atoms with van der Waals surface area (Å²) in [6, 6.07) is 1.88. The Morgan fingerprint density at radius 1 is 1.00 bits per heavy atom. The highest BCUT2D eigenvalue weighted by molar-refractivity contribution is 6.39. The monoisotopic (exact) mass is 232 g/mol. The van der Waals surface area contributed by atoms with Crippen molar-refractivity contribution >= 4 is 35.1 Å². The average Bonchev–Trinajstić information content (AvgIpc) is 2.01. The van der Waals surface area contributed by atoms with Gasteiger partial charge >= 0.3 is 0 Å². The number of aromatic carboxylic acids is 2. The molecule has 4 nitrogen and oxygen atoms in total. The van der Waals surface area contributed by atoms with Gasteiger partial charge in [0.05, 0.1) is 22.0 Å². The number of benzene rings is 1. The summed E-state index contributed by atoms with van der Waals surface area (Å²) in [7, 11) is 0. The molecule has 0 N–H and O–H groups in total. The summed E-state index contributed by atoms with van der Waals surface area (Å²) in [6.45, 7) is 0. The molecule has 1 aromatic carbocycles. The van der Waals surface area contributed by atoms with Crippen LogP contribution < -0.4 is 10.2 Å². The number of carbonyl (C=O) groups is 2. The quantitative estimate of drug-likeness (QED) is 0.703. The topological polar surface area (TPSA) is 80.3 Å². The smallest absolute Gasteiger partial charge is 0.0745 e. The summed E-state index contributed by atoms with van der Waals surface area (Å²) in [5.74, 6) is -3.05. The van der Waals surface area contributed by atoms with Crippen LogP contribution in [0.2, 0.25) is 10.0 Å². The predicted octanol–water partition coefficient (Wildman–Crippen LogP) is -0.280. The van der Waals surface area contributed by atoms with Crippen LogP contribution in [0.15, 0.2) is 12.1 Å². The molecule has 0 aromatic heterocycles. The molecule has 1 aromatic rings. The summed E-state index contributed by atoms with van der Waals surface area (Å²) < 4.78 is 0. The second kappa shape index (κ2) is 3.86. The van der Waals surface area contributed by atoms with E-state index in [0.717, 1.165) is 12.1 Å². The van der Waals surface area contributed by atoms with Crippen molar-refractivity contribution < 1.29 is 19.8 Å². The van der Waals surface area contributed by atoms with Crippen molar-refractivity contribution in [2.24, 2.45) is 0 Å². The van der Waals surface area contributed by atoms with Crippen LogP contribution in [0.4, 0.5) is 0 Å². The Balaban J connectivity index is 3.39. The minimum absolute atomic E-state index is 0.287. The first-order valence-electron chi connectivity index (χ1n) is 3.35. The maximum Gasteiger partial charge on any atom is 0.0745 e. The van der Waals surface area contributed by atoms with Gasteiger partial charge in [-0.3, -0.25) is 0 Å². The van der Waals surface area contributed by atoms with Crippen molar-refractivity contribution in [3.05, 3.63) is 33.3 Å². The molecule has 0 atom stereocenters. The third-order valence-corrected chi connectivity index (χ3v) is 2.08. The lowest BCUT2D eigenvalue weighted by Crippen LogP contribution is -2.25. The molecule has 0 aliphatic heterocycles. The second-order valence-electron chi connectivity index (χ2n) is 2.39. The van der Waals surface area contributed by atoms with Crippen LogP contribution in [0, 0.1) is 0 Å². The fourth-order valence-electron chi connectivity index (χ4n) is 0.886. The molecule has 74 valence electrons. The molecule has 0 unspecified atom stereocenters. The Morgan fingerprint density at radius 2 is 1.43 bits per heavy atom. The molecule has 14 heavy (non-hydrogen) atoms. The van der Waals surface area contributed by atoms with E-state index >= 15 is 0 Å². The molecule has 0 saturated heterocycles. The number of carbonyl (C=O) groups excluding carboxylic acids is 2. The molecule has 0 radical (unpaired) electrons. The van der Waals surface area contributed by atoms with E-state index in [9.17, 15) is 19.8 Å². The lowest BCUT2D eigenvalue weighted by Gasteiger charge is -2.10. The largest absolute Gasteiger partial charge is 0.545 e. The van der Waals surface area contributed by atoms with E-state index < -0.39 is 17.5 Å². The van der Waals surface area contributed by atoms with Gasteiger partial charge in [-0.1, -0.05) is 23.2 Å². The first-order chi connectivity index (χ1) is 6.43. The van der Waals surface area contributed by atoms with Crippen molar-refractivity contribution in [1.82, 2.24) is 0 Å². The zero-order chi connectivity index (χ0) is 10.9. The van der Waals surface area contributed by atoms with Gasteiger partial charge in [0.2, 0.25) is 0 Å². The number of hydrogen-bond donors (Lipinski definition) is 0. The normalized spacial score (nSPS) is 9.86. The average molecular weight is 233 g/mol. The van der Waals surface area contributed by atoms with Gasteiger partial charge in [0.1, 0.15) is 0 Å². The number of halogens is 2. The van der Waals surface area contributed by atoms with Gasteiger partial charge in [-0.05, 0) is 12.1 Å². The summed E-state index contributed by atoms with van der Waals surface area (Å²) in [5.41, 5.74) is -0.719. The summed E-state index contributed by atoms with van der Waals surface area (Å²) in [5, 5.41) is 20.3. The number of carboxylic acids is 2. The number of carboxylic acid groups (broad SMARTS) is 2. The molecule has 0 aliphatic rings. The van der Waals surface area contributed by atoms with E-state index in [4.69, 9.17) is 23.2 Å². The van der Waals surface area contributed by atoms with Crippen LogP contribution in [0.25, 0.3) is 0 Å². The second-order valence-corrected chi connectivity index (χ2v) is 3.20. The van der Waals surface area contributed by atoms with Crippen molar-refractivity contribution in [1.29, 1.82) is 0 Å². The van der Waals surface area contributed by atoms with Crippen molar-refractivity contribution in [2.45, 2.75) is 0 Å². The van der Waals surface area contributed by atoms with Gasteiger partial charge in [0.25, 0.3) is 0 Å². The fourth-order valence-corrected chi connectivity index (χ4v) is 1.53. The zero-order valence-corrected chi connectivity index (χ0v) is 8.06. The van der Waals surface area contributed by atoms with E-state index in [2.05, 4.69) is 0 Å². The molecular weight excluding hydrogens is 231 g/mol. The highest BCUT2D eigenvalue weighted by atomic mass is 35.5. The van der Waals surface area contributed by atoms with Crippen LogP contribution in [0.1, 0.15) is 20.7 Å². The minimum Gasteiger partial charge on any atom is -0.545 e. The summed E-state index contributed by atoms with van der Waals surface area (Å²) in [6.07, 6.45) is 0. The molecule has 0 spiro atoms. The highest BCUT2D eigenvalue weighted by Gasteiger charge is 2.09. The Bertz CT molecular complexity index is 391. The van der Waals surface area contributed by atoms with Gasteiger partial charge in [-0.15, -0.1) is 0 Å². The minimum atomic E-state index is -1.56. The van der Waals surface area contributed by atoms with Gasteiger partial charge in [0.15, 0.2) is 0 Å². The van der Waals surface area contributed by atoms with E-state index in [0.29, 0.717) is 0 Å². The molecular formula is C8H2Cl2O4-2. The number of hydrogen-bond acceptors (Lipinski definition) is 4. The summed E-state index contributed by atoms with van der Waals surface area (Å²) >= 11 is 11.0. The first kappa shape index (κ1) is 10.8. The Labute approximate surface area is 88.7 Å². The SMILES string of the molecule is O=C([O-])c1cc(Cl)c(C(=O)[O-])c(Cl)c1. The van der Waals surface area contributed by atoms with E-state index in [1.54, 1.807) is 0 Å². The molecule has 0 heterocycles. The Morgan fingerprint density at radius 3 is 1.71 bits per heavy atom. The van der Waals surface area contributed by atoms with Crippen molar-refractivity contribution in [2.75, 3.05) is 0 Å². The van der Waals surface area contributed by atoms with Crippen LogP contribution >= 0.6 is 23.2 Å². The van der Waals surface area contributed by atoms with E-state index in [1.807, 2.05) is 0 Å². The first-order valence-corrected chi connectivity index (χ1v) is 4.11. The molecule has 0 amide bonds. The molecule has 0 saturated carbocycles. The zero-order valence-electron chi connectivity index (χ0n) is 6.54. The lowest BCUT2D eigenvalue weighted by molar-refractivity contribution is -0.256. The third-order valence-electron chi connectivity index (χ3n) is 1.48. The Kier molecular flexibility index (Phi) is 2.98. The van der Waals surface area contributed by atoms with E-state index in [1.165, 1.54) is 0 Å². The molecule has 1 rings (SSSR count). The molecule has 0 aliphatic carbocycles. The lowest BCUT2D eigenvalue weighted by atomic mass is 10.1. The molecule has 6 heteroatoms.